The Bertz CT molecular complexity index is 908. The monoisotopic (exact) mass is 402 g/mol. The van der Waals surface area contributed by atoms with E-state index in [2.05, 4.69) is 38.3 Å². The lowest BCUT2D eigenvalue weighted by Gasteiger charge is -2.36. The van der Waals surface area contributed by atoms with Crippen LogP contribution in [0, 0.1) is 0 Å². The highest BCUT2D eigenvalue weighted by Crippen LogP contribution is 2.31. The molecule has 0 amide bonds. The first-order chi connectivity index (χ1) is 13.2. The van der Waals surface area contributed by atoms with E-state index in [1.54, 1.807) is 18.4 Å². The molecule has 0 atom stereocenters. The molecule has 27 heavy (non-hydrogen) atoms. The molecule has 0 bridgehead atoms. The van der Waals surface area contributed by atoms with Gasteiger partial charge in [0.2, 0.25) is 0 Å². The first-order valence-corrected chi connectivity index (χ1v) is 10.3. The van der Waals surface area contributed by atoms with Gasteiger partial charge in [0, 0.05) is 39.3 Å². The van der Waals surface area contributed by atoms with Crippen molar-refractivity contribution in [3.05, 3.63) is 47.5 Å². The van der Waals surface area contributed by atoms with E-state index in [4.69, 9.17) is 16.3 Å². The van der Waals surface area contributed by atoms with E-state index in [9.17, 15) is 0 Å². The lowest BCUT2D eigenvalue weighted by atomic mass is 10.2. The maximum atomic E-state index is 6.21. The highest BCUT2D eigenvalue weighted by atomic mass is 35.5. The lowest BCUT2D eigenvalue weighted by molar-refractivity contribution is 0.266. The average Bonchev–Trinajstić information content (AvgIpc) is 3.13. The van der Waals surface area contributed by atoms with Crippen molar-refractivity contribution in [3.8, 4) is 5.75 Å². The average molecular weight is 403 g/mol. The van der Waals surface area contributed by atoms with E-state index in [0.717, 1.165) is 60.4 Å². The van der Waals surface area contributed by atoms with Gasteiger partial charge in [0.15, 0.2) is 5.13 Å². The van der Waals surface area contributed by atoms with Gasteiger partial charge in [-0.15, -0.1) is 0 Å². The molecule has 0 aliphatic carbocycles. The predicted molar refractivity (Wildman–Crippen MR) is 115 cm³/mol. The molecular formula is C20H23ClN4OS. The van der Waals surface area contributed by atoms with Crippen LogP contribution < -0.4 is 15.0 Å². The standard InChI is InChI=1S/C20H23ClN4OS/c1-26-17-7-3-2-6-16(17)25-13-11-24(12-14-25)10-9-22-20-23-19-15(21)5-4-8-18(19)27-20/h2-8H,9-14H2,1H3,(H,22,23). The number of rotatable bonds is 6. The summed E-state index contributed by atoms with van der Waals surface area (Å²) in [5.41, 5.74) is 2.07. The van der Waals surface area contributed by atoms with Crippen LogP contribution >= 0.6 is 22.9 Å². The van der Waals surface area contributed by atoms with Gasteiger partial charge < -0.3 is 15.0 Å². The molecule has 142 valence electrons. The minimum Gasteiger partial charge on any atom is -0.495 e. The molecule has 1 saturated heterocycles. The van der Waals surface area contributed by atoms with E-state index < -0.39 is 0 Å². The first kappa shape index (κ1) is 18.3. The molecule has 1 N–H and O–H groups in total. The molecule has 1 aliphatic heterocycles. The summed E-state index contributed by atoms with van der Waals surface area (Å²) in [7, 11) is 1.73. The van der Waals surface area contributed by atoms with Gasteiger partial charge >= 0.3 is 0 Å². The number of hydrogen-bond donors (Lipinski definition) is 1. The number of anilines is 2. The number of methoxy groups -OCH3 is 1. The molecule has 0 saturated carbocycles. The van der Waals surface area contributed by atoms with E-state index in [1.165, 1.54) is 5.69 Å². The Balaban J connectivity index is 1.27. The third-order valence-electron chi connectivity index (χ3n) is 4.87. The number of fused-ring (bicyclic) bond motifs is 1. The molecule has 0 unspecified atom stereocenters. The lowest BCUT2D eigenvalue weighted by Crippen LogP contribution is -2.47. The molecule has 0 spiro atoms. The third kappa shape index (κ3) is 4.13. The summed E-state index contributed by atoms with van der Waals surface area (Å²) >= 11 is 7.86. The van der Waals surface area contributed by atoms with Gasteiger partial charge in [-0.2, -0.15) is 0 Å². The Morgan fingerprint density at radius 3 is 2.70 bits per heavy atom. The van der Waals surface area contributed by atoms with Crippen LogP contribution in [0.1, 0.15) is 0 Å². The number of hydrogen-bond acceptors (Lipinski definition) is 6. The van der Waals surface area contributed by atoms with Crippen molar-refractivity contribution in [2.45, 2.75) is 0 Å². The number of para-hydroxylation sites is 3. The van der Waals surface area contributed by atoms with Crippen LogP contribution in [0.3, 0.4) is 0 Å². The van der Waals surface area contributed by atoms with Crippen molar-refractivity contribution in [3.63, 3.8) is 0 Å². The van der Waals surface area contributed by atoms with Gasteiger partial charge in [-0.3, -0.25) is 4.90 Å². The maximum Gasteiger partial charge on any atom is 0.183 e. The van der Waals surface area contributed by atoms with Gasteiger partial charge in [0.1, 0.15) is 11.3 Å². The number of nitrogens with zero attached hydrogens (tertiary/aromatic N) is 3. The number of thiazole rings is 1. The van der Waals surface area contributed by atoms with Crippen LogP contribution in [0.4, 0.5) is 10.8 Å². The zero-order valence-electron chi connectivity index (χ0n) is 15.3. The van der Waals surface area contributed by atoms with Crippen molar-refractivity contribution < 1.29 is 4.74 Å². The van der Waals surface area contributed by atoms with E-state index >= 15 is 0 Å². The largest absolute Gasteiger partial charge is 0.495 e. The number of aromatic nitrogens is 1. The molecule has 4 rings (SSSR count). The number of halogens is 1. The first-order valence-electron chi connectivity index (χ1n) is 9.14. The number of piperazine rings is 1. The molecule has 1 fully saturated rings. The van der Waals surface area contributed by atoms with Gasteiger partial charge in [-0.1, -0.05) is 41.1 Å². The minimum atomic E-state index is 0.712. The molecule has 2 aromatic carbocycles. The summed E-state index contributed by atoms with van der Waals surface area (Å²) in [6.07, 6.45) is 0. The summed E-state index contributed by atoms with van der Waals surface area (Å²) in [6, 6.07) is 14.1. The van der Waals surface area contributed by atoms with Crippen molar-refractivity contribution in [1.29, 1.82) is 0 Å². The van der Waals surface area contributed by atoms with Gasteiger partial charge in [-0.05, 0) is 24.3 Å². The van der Waals surface area contributed by atoms with Crippen LogP contribution in [0.25, 0.3) is 10.2 Å². The second kappa shape index (κ2) is 8.33. The molecule has 2 heterocycles. The molecule has 0 radical (unpaired) electrons. The van der Waals surface area contributed by atoms with Crippen LogP contribution in [-0.2, 0) is 0 Å². The van der Waals surface area contributed by atoms with Gasteiger partial charge in [-0.25, -0.2) is 4.98 Å². The Hall–Kier alpha value is -2.02. The number of nitrogens with one attached hydrogen (secondary N) is 1. The fourth-order valence-corrected chi connectivity index (χ4v) is 4.61. The van der Waals surface area contributed by atoms with Crippen molar-refractivity contribution in [2.75, 3.05) is 56.6 Å². The SMILES string of the molecule is COc1ccccc1N1CCN(CCNc2nc3c(Cl)cccc3s2)CC1. The fraction of sp³-hybridized carbons (Fsp3) is 0.350. The second-order valence-electron chi connectivity index (χ2n) is 6.53. The Morgan fingerprint density at radius 1 is 1.11 bits per heavy atom. The smallest absolute Gasteiger partial charge is 0.183 e. The zero-order valence-corrected chi connectivity index (χ0v) is 16.9. The number of ether oxygens (including phenoxy) is 1. The molecule has 1 aromatic heterocycles. The van der Waals surface area contributed by atoms with Gasteiger partial charge in [0.05, 0.1) is 22.5 Å². The summed E-state index contributed by atoms with van der Waals surface area (Å²) in [5, 5.41) is 5.09. The third-order valence-corrected chi connectivity index (χ3v) is 6.16. The van der Waals surface area contributed by atoms with Crippen LogP contribution in [-0.4, -0.2) is 56.3 Å². The Kier molecular flexibility index (Phi) is 5.66. The molecular weight excluding hydrogens is 380 g/mol. The zero-order chi connectivity index (χ0) is 18.6. The molecule has 3 aromatic rings. The normalized spacial score (nSPS) is 15.3. The van der Waals surface area contributed by atoms with Crippen LogP contribution in [0.15, 0.2) is 42.5 Å². The second-order valence-corrected chi connectivity index (χ2v) is 7.97. The van der Waals surface area contributed by atoms with Crippen molar-refractivity contribution >= 4 is 44.0 Å². The summed E-state index contributed by atoms with van der Waals surface area (Å²) < 4.78 is 6.61. The summed E-state index contributed by atoms with van der Waals surface area (Å²) in [5.74, 6) is 0.946. The highest BCUT2D eigenvalue weighted by Gasteiger charge is 2.19. The molecule has 5 nitrogen and oxygen atoms in total. The fourth-order valence-electron chi connectivity index (χ4n) is 3.41. The molecule has 7 heteroatoms. The van der Waals surface area contributed by atoms with E-state index in [-0.39, 0.29) is 0 Å². The van der Waals surface area contributed by atoms with Crippen LogP contribution in [0.5, 0.6) is 5.75 Å². The highest BCUT2D eigenvalue weighted by molar-refractivity contribution is 7.22. The Labute approximate surface area is 168 Å². The molecule has 1 aliphatic rings. The maximum absolute atomic E-state index is 6.21. The summed E-state index contributed by atoms with van der Waals surface area (Å²) in [4.78, 5) is 9.49. The minimum absolute atomic E-state index is 0.712. The van der Waals surface area contributed by atoms with E-state index in [0.29, 0.717) is 5.02 Å². The quantitative estimate of drug-likeness (QED) is 0.669. The van der Waals surface area contributed by atoms with Crippen molar-refractivity contribution in [2.24, 2.45) is 0 Å². The number of benzene rings is 2. The summed E-state index contributed by atoms with van der Waals surface area (Å²) in [6.45, 7) is 6.00. The topological polar surface area (TPSA) is 40.6 Å². The van der Waals surface area contributed by atoms with Crippen LogP contribution in [0.2, 0.25) is 5.02 Å². The Morgan fingerprint density at radius 2 is 1.93 bits per heavy atom. The van der Waals surface area contributed by atoms with E-state index in [1.807, 2.05) is 24.3 Å². The van der Waals surface area contributed by atoms with Gasteiger partial charge in [0.25, 0.3) is 0 Å². The predicted octanol–water partition coefficient (Wildman–Crippen LogP) is 4.19. The van der Waals surface area contributed by atoms with Crippen molar-refractivity contribution in [1.82, 2.24) is 9.88 Å².